The molecule has 0 bridgehead atoms. The molecule has 0 radical (unpaired) electrons. The molecule has 1 N–H and O–H groups in total. The van der Waals surface area contributed by atoms with Crippen LogP contribution in [0.2, 0.25) is 0 Å². The second-order valence-electron chi connectivity index (χ2n) is 4.68. The minimum Gasteiger partial charge on any atom is -0.392 e. The number of aromatic nitrogens is 3. The summed E-state index contributed by atoms with van der Waals surface area (Å²) in [4.78, 5) is 18.9. The number of hydrogen-bond donors (Lipinski definition) is 1. The van der Waals surface area contributed by atoms with E-state index in [0.29, 0.717) is 23.7 Å². The van der Waals surface area contributed by atoms with Crippen LogP contribution in [0.5, 0.6) is 0 Å². The number of nitrogens with zero attached hydrogens (tertiary/aromatic N) is 4. The van der Waals surface area contributed by atoms with Crippen molar-refractivity contribution in [1.82, 2.24) is 19.5 Å². The Balaban J connectivity index is 2.27. The predicted molar refractivity (Wildman–Crippen MR) is 74.5 cm³/mol. The van der Waals surface area contributed by atoms with Gasteiger partial charge in [0.15, 0.2) is 0 Å². The molecule has 2 aromatic rings. The number of aryl methyl sites for hydroxylation is 1. The van der Waals surface area contributed by atoms with Crippen LogP contribution < -0.4 is 5.56 Å². The molecule has 0 aliphatic heterocycles. The molecule has 0 fully saturated rings. The van der Waals surface area contributed by atoms with Crippen molar-refractivity contribution < 1.29 is 5.11 Å². The number of aliphatic hydroxyl groups excluding tert-OH is 1. The summed E-state index contributed by atoms with van der Waals surface area (Å²) in [6.45, 7) is 4.82. The van der Waals surface area contributed by atoms with E-state index in [1.54, 1.807) is 6.92 Å². The highest BCUT2D eigenvalue weighted by atomic mass is 32.1. The first-order chi connectivity index (χ1) is 8.99. The molecule has 0 spiro atoms. The Morgan fingerprint density at radius 2 is 2.32 bits per heavy atom. The van der Waals surface area contributed by atoms with Gasteiger partial charge in [0.05, 0.1) is 11.8 Å². The van der Waals surface area contributed by atoms with Gasteiger partial charge >= 0.3 is 0 Å². The highest BCUT2D eigenvalue weighted by molar-refractivity contribution is 7.16. The highest BCUT2D eigenvalue weighted by Gasteiger charge is 2.10. The lowest BCUT2D eigenvalue weighted by atomic mass is 10.3. The Morgan fingerprint density at radius 1 is 1.58 bits per heavy atom. The van der Waals surface area contributed by atoms with Gasteiger partial charge in [-0.15, -0.1) is 0 Å². The normalized spacial score (nSPS) is 13.3. The van der Waals surface area contributed by atoms with Crippen molar-refractivity contribution in [2.75, 3.05) is 13.6 Å². The van der Waals surface area contributed by atoms with Gasteiger partial charge in [-0.05, 0) is 20.4 Å². The monoisotopic (exact) mass is 282 g/mol. The quantitative estimate of drug-likeness (QED) is 0.866. The van der Waals surface area contributed by atoms with Gasteiger partial charge in [-0.1, -0.05) is 18.3 Å². The fraction of sp³-hybridized carbons (Fsp3) is 0.583. The third kappa shape index (κ3) is 3.37. The molecular weight excluding hydrogens is 264 g/mol. The molecule has 0 saturated carbocycles. The van der Waals surface area contributed by atoms with Crippen LogP contribution in [0.15, 0.2) is 10.9 Å². The molecule has 7 heteroatoms. The zero-order chi connectivity index (χ0) is 14.0. The first-order valence-electron chi connectivity index (χ1n) is 6.25. The summed E-state index contributed by atoms with van der Waals surface area (Å²) in [5.74, 6) is 0. The molecule has 2 heterocycles. The number of fused-ring (bicyclic) bond motifs is 1. The van der Waals surface area contributed by atoms with Crippen LogP contribution >= 0.6 is 11.3 Å². The molecule has 0 aliphatic carbocycles. The molecule has 2 aromatic heterocycles. The molecular formula is C12H18N4O2S. The Labute approximate surface area is 115 Å². The molecule has 1 atom stereocenters. The van der Waals surface area contributed by atoms with Gasteiger partial charge in [0.25, 0.3) is 5.56 Å². The average Bonchev–Trinajstić information content (AvgIpc) is 2.71. The molecule has 104 valence electrons. The van der Waals surface area contributed by atoms with E-state index in [2.05, 4.69) is 10.1 Å². The number of rotatable bonds is 5. The van der Waals surface area contributed by atoms with Crippen molar-refractivity contribution in [1.29, 1.82) is 0 Å². The summed E-state index contributed by atoms with van der Waals surface area (Å²) >= 11 is 1.44. The van der Waals surface area contributed by atoms with E-state index >= 15 is 0 Å². The Bertz CT molecular complexity index is 620. The van der Waals surface area contributed by atoms with Gasteiger partial charge in [0, 0.05) is 19.2 Å². The predicted octanol–water partition coefficient (Wildman–Crippen LogP) is 0.526. The lowest BCUT2D eigenvalue weighted by molar-refractivity contribution is 0.138. The van der Waals surface area contributed by atoms with E-state index in [1.165, 1.54) is 21.9 Å². The highest BCUT2D eigenvalue weighted by Crippen LogP contribution is 2.12. The minimum atomic E-state index is -0.398. The molecule has 0 saturated heterocycles. The van der Waals surface area contributed by atoms with Crippen LogP contribution in [0.1, 0.15) is 24.5 Å². The lowest BCUT2D eigenvalue weighted by Gasteiger charge is -2.17. The van der Waals surface area contributed by atoms with Crippen LogP contribution in [0, 0.1) is 0 Å². The molecule has 0 aromatic carbocycles. The maximum Gasteiger partial charge on any atom is 0.275 e. The molecule has 2 rings (SSSR count). The van der Waals surface area contributed by atoms with Crippen molar-refractivity contribution in [3.05, 3.63) is 27.1 Å². The smallest absolute Gasteiger partial charge is 0.275 e. The van der Waals surface area contributed by atoms with Crippen LogP contribution in [0.4, 0.5) is 0 Å². The van der Waals surface area contributed by atoms with E-state index in [4.69, 9.17) is 0 Å². The third-order valence-corrected chi connectivity index (χ3v) is 3.70. The van der Waals surface area contributed by atoms with Crippen LogP contribution in [0.25, 0.3) is 4.96 Å². The number of hydrogen-bond acceptors (Lipinski definition) is 6. The van der Waals surface area contributed by atoms with Gasteiger partial charge in [0.2, 0.25) is 4.96 Å². The largest absolute Gasteiger partial charge is 0.392 e. The first-order valence-corrected chi connectivity index (χ1v) is 7.06. The molecule has 0 amide bonds. The van der Waals surface area contributed by atoms with E-state index in [9.17, 15) is 9.90 Å². The van der Waals surface area contributed by atoms with E-state index in [0.717, 1.165) is 11.4 Å². The average molecular weight is 282 g/mol. The summed E-state index contributed by atoms with van der Waals surface area (Å²) in [5, 5.41) is 14.4. The summed E-state index contributed by atoms with van der Waals surface area (Å²) in [7, 11) is 1.89. The standard InChI is InChI=1S/C12H18N4O2S/c1-4-10-14-16-11(18)5-9(13-12(16)19-10)7-15(3)6-8(2)17/h5,8,17H,4,6-7H2,1-3H3. The first kappa shape index (κ1) is 14.1. The van der Waals surface area contributed by atoms with Crippen molar-refractivity contribution in [2.45, 2.75) is 32.9 Å². The lowest BCUT2D eigenvalue weighted by Crippen LogP contribution is -2.28. The van der Waals surface area contributed by atoms with E-state index in [-0.39, 0.29) is 5.56 Å². The van der Waals surface area contributed by atoms with Crippen LogP contribution in [0.3, 0.4) is 0 Å². The molecule has 1 unspecified atom stereocenters. The van der Waals surface area contributed by atoms with Gasteiger partial charge in [-0.25, -0.2) is 4.98 Å². The Hall–Kier alpha value is -1.31. The maximum atomic E-state index is 11.9. The van der Waals surface area contributed by atoms with Crippen LogP contribution in [-0.4, -0.2) is 44.3 Å². The van der Waals surface area contributed by atoms with Crippen LogP contribution in [-0.2, 0) is 13.0 Å². The molecule has 0 aliphatic rings. The maximum absolute atomic E-state index is 11.9. The molecule has 19 heavy (non-hydrogen) atoms. The SMILES string of the molecule is CCc1nn2c(=O)cc(CN(C)CC(C)O)nc2s1. The fourth-order valence-electron chi connectivity index (χ4n) is 1.91. The van der Waals surface area contributed by atoms with E-state index < -0.39 is 6.10 Å². The fourth-order valence-corrected chi connectivity index (χ4v) is 2.77. The minimum absolute atomic E-state index is 0.151. The summed E-state index contributed by atoms with van der Waals surface area (Å²) < 4.78 is 1.35. The van der Waals surface area contributed by atoms with Crippen molar-refractivity contribution in [3.63, 3.8) is 0 Å². The van der Waals surface area contributed by atoms with Gasteiger partial charge in [-0.2, -0.15) is 9.61 Å². The second-order valence-corrected chi connectivity index (χ2v) is 5.72. The summed E-state index contributed by atoms with van der Waals surface area (Å²) in [6.07, 6.45) is 0.398. The van der Waals surface area contributed by atoms with Crippen molar-refractivity contribution in [2.24, 2.45) is 0 Å². The van der Waals surface area contributed by atoms with Crippen molar-refractivity contribution in [3.8, 4) is 0 Å². The summed E-state index contributed by atoms with van der Waals surface area (Å²) in [6, 6.07) is 1.50. The topological polar surface area (TPSA) is 70.7 Å². The Kier molecular flexibility index (Phi) is 4.28. The number of aliphatic hydroxyl groups is 1. The zero-order valence-corrected chi connectivity index (χ0v) is 12.1. The zero-order valence-electron chi connectivity index (χ0n) is 11.3. The number of likely N-dealkylation sites (N-methyl/N-ethyl adjacent to an activating group) is 1. The van der Waals surface area contributed by atoms with Crippen molar-refractivity contribution >= 4 is 16.3 Å². The third-order valence-electron chi connectivity index (χ3n) is 2.65. The Morgan fingerprint density at radius 3 is 2.95 bits per heavy atom. The van der Waals surface area contributed by atoms with E-state index in [1.807, 2.05) is 18.9 Å². The van der Waals surface area contributed by atoms with Gasteiger partial charge in [0.1, 0.15) is 5.01 Å². The molecule has 6 nitrogen and oxygen atoms in total. The second kappa shape index (κ2) is 5.77. The van der Waals surface area contributed by atoms with Gasteiger partial charge in [-0.3, -0.25) is 9.69 Å². The van der Waals surface area contributed by atoms with Gasteiger partial charge < -0.3 is 5.11 Å². The summed E-state index contributed by atoms with van der Waals surface area (Å²) in [5.41, 5.74) is 0.556.